The lowest BCUT2D eigenvalue weighted by Crippen LogP contribution is -2.43. The van der Waals surface area contributed by atoms with Gasteiger partial charge in [0, 0.05) is 44.6 Å². The van der Waals surface area contributed by atoms with Crippen LogP contribution < -0.4 is 10.6 Å². The van der Waals surface area contributed by atoms with E-state index in [4.69, 9.17) is 0 Å². The van der Waals surface area contributed by atoms with Gasteiger partial charge in [0.2, 0.25) is 0 Å². The van der Waals surface area contributed by atoms with E-state index in [9.17, 15) is 9.90 Å². The summed E-state index contributed by atoms with van der Waals surface area (Å²) in [6, 6.07) is 5.19. The van der Waals surface area contributed by atoms with E-state index in [1.54, 1.807) is 12.3 Å². The third-order valence-corrected chi connectivity index (χ3v) is 3.95. The number of rotatable bonds is 5. The first-order chi connectivity index (χ1) is 11.2. The SMILES string of the molecule is CNc1ncccc1CN1C[C@@H](O)[C@H](NC(=O)c2ccn[nH]2)C1. The van der Waals surface area contributed by atoms with Gasteiger partial charge in [-0.25, -0.2) is 4.98 Å². The predicted octanol–water partition coefficient (Wildman–Crippen LogP) is -0.179. The first kappa shape index (κ1) is 15.4. The van der Waals surface area contributed by atoms with Crippen molar-refractivity contribution in [1.82, 2.24) is 25.4 Å². The minimum Gasteiger partial charge on any atom is -0.390 e. The predicted molar refractivity (Wildman–Crippen MR) is 84.9 cm³/mol. The molecule has 2 atom stereocenters. The van der Waals surface area contributed by atoms with Crippen LogP contribution in [0.2, 0.25) is 0 Å². The van der Waals surface area contributed by atoms with E-state index in [-0.39, 0.29) is 11.9 Å². The monoisotopic (exact) mass is 316 g/mol. The number of carbonyl (C=O) groups is 1. The Bertz CT molecular complexity index is 660. The molecule has 8 nitrogen and oxygen atoms in total. The van der Waals surface area contributed by atoms with Crippen molar-refractivity contribution < 1.29 is 9.90 Å². The van der Waals surface area contributed by atoms with Gasteiger partial charge in [-0.15, -0.1) is 0 Å². The highest BCUT2D eigenvalue weighted by molar-refractivity contribution is 5.92. The van der Waals surface area contributed by atoms with E-state index in [1.807, 2.05) is 19.2 Å². The van der Waals surface area contributed by atoms with Crippen molar-refractivity contribution in [3.8, 4) is 0 Å². The molecule has 8 heteroatoms. The summed E-state index contributed by atoms with van der Waals surface area (Å²) in [6.07, 6.45) is 2.66. The van der Waals surface area contributed by atoms with Crippen LogP contribution in [0.25, 0.3) is 0 Å². The number of aromatic amines is 1. The van der Waals surface area contributed by atoms with Gasteiger partial charge in [-0.3, -0.25) is 14.8 Å². The maximum atomic E-state index is 12.0. The maximum Gasteiger partial charge on any atom is 0.269 e. The van der Waals surface area contributed by atoms with Crippen molar-refractivity contribution in [2.24, 2.45) is 0 Å². The number of aliphatic hydroxyl groups excluding tert-OH is 1. The van der Waals surface area contributed by atoms with Crippen LogP contribution in [0.15, 0.2) is 30.6 Å². The molecular weight excluding hydrogens is 296 g/mol. The Labute approximate surface area is 133 Å². The Kier molecular flexibility index (Phi) is 4.54. The van der Waals surface area contributed by atoms with Crippen LogP contribution in [0, 0.1) is 0 Å². The number of anilines is 1. The van der Waals surface area contributed by atoms with Gasteiger partial charge in [-0.05, 0) is 12.1 Å². The molecule has 0 aromatic carbocycles. The number of hydrogen-bond donors (Lipinski definition) is 4. The molecule has 2 aromatic rings. The number of nitrogens with one attached hydrogen (secondary N) is 3. The number of nitrogens with zero attached hydrogens (tertiary/aromatic N) is 3. The first-order valence-electron chi connectivity index (χ1n) is 7.49. The number of amides is 1. The van der Waals surface area contributed by atoms with Gasteiger partial charge in [0.25, 0.3) is 5.91 Å². The van der Waals surface area contributed by atoms with Crippen molar-refractivity contribution in [1.29, 1.82) is 0 Å². The summed E-state index contributed by atoms with van der Waals surface area (Å²) in [5.41, 5.74) is 1.45. The third kappa shape index (κ3) is 3.49. The minimum absolute atomic E-state index is 0.259. The average Bonchev–Trinajstić information content (AvgIpc) is 3.19. The molecule has 1 aliphatic heterocycles. The fourth-order valence-electron chi connectivity index (χ4n) is 2.80. The maximum absolute atomic E-state index is 12.0. The summed E-state index contributed by atoms with van der Waals surface area (Å²) < 4.78 is 0. The molecular formula is C15H20N6O2. The van der Waals surface area contributed by atoms with Gasteiger partial charge in [0.05, 0.1) is 12.1 Å². The highest BCUT2D eigenvalue weighted by Gasteiger charge is 2.33. The number of hydrogen-bond acceptors (Lipinski definition) is 6. The summed E-state index contributed by atoms with van der Waals surface area (Å²) in [5, 5.41) is 22.5. The second-order valence-corrected chi connectivity index (χ2v) is 5.57. The molecule has 0 bridgehead atoms. The quantitative estimate of drug-likeness (QED) is 0.610. The van der Waals surface area contributed by atoms with E-state index in [0.29, 0.717) is 25.3 Å². The highest BCUT2D eigenvalue weighted by Crippen LogP contribution is 2.18. The average molecular weight is 316 g/mol. The van der Waals surface area contributed by atoms with E-state index >= 15 is 0 Å². The molecule has 3 rings (SSSR count). The molecule has 122 valence electrons. The molecule has 4 N–H and O–H groups in total. The van der Waals surface area contributed by atoms with Crippen LogP contribution in [0.3, 0.4) is 0 Å². The normalized spacial score (nSPS) is 21.3. The number of likely N-dealkylation sites (tertiary alicyclic amines) is 1. The smallest absolute Gasteiger partial charge is 0.269 e. The second kappa shape index (κ2) is 6.76. The van der Waals surface area contributed by atoms with Crippen molar-refractivity contribution in [2.75, 3.05) is 25.5 Å². The molecule has 23 heavy (non-hydrogen) atoms. The molecule has 0 aliphatic carbocycles. The zero-order chi connectivity index (χ0) is 16.2. The first-order valence-corrected chi connectivity index (χ1v) is 7.49. The summed E-state index contributed by atoms with van der Waals surface area (Å²) in [5.74, 6) is 0.567. The van der Waals surface area contributed by atoms with Crippen LogP contribution in [0.4, 0.5) is 5.82 Å². The van der Waals surface area contributed by atoms with Crippen LogP contribution in [0.1, 0.15) is 16.1 Å². The minimum atomic E-state index is -0.600. The van der Waals surface area contributed by atoms with Gasteiger partial charge < -0.3 is 15.7 Å². The Balaban J connectivity index is 1.61. The molecule has 0 unspecified atom stereocenters. The lowest BCUT2D eigenvalue weighted by atomic mass is 10.2. The molecule has 1 saturated heterocycles. The summed E-state index contributed by atoms with van der Waals surface area (Å²) >= 11 is 0. The largest absolute Gasteiger partial charge is 0.390 e. The Hall–Kier alpha value is -2.45. The summed E-state index contributed by atoms with van der Waals surface area (Å²) in [7, 11) is 1.83. The number of H-pyrrole nitrogens is 1. The van der Waals surface area contributed by atoms with Crippen molar-refractivity contribution in [3.05, 3.63) is 41.9 Å². The fourth-order valence-corrected chi connectivity index (χ4v) is 2.80. The molecule has 2 aromatic heterocycles. The van der Waals surface area contributed by atoms with Gasteiger partial charge in [-0.2, -0.15) is 5.10 Å². The topological polar surface area (TPSA) is 106 Å². The molecule has 3 heterocycles. The van der Waals surface area contributed by atoms with Gasteiger partial charge in [0.1, 0.15) is 11.5 Å². The fraction of sp³-hybridized carbons (Fsp3) is 0.400. The molecule has 0 spiro atoms. The number of aromatic nitrogens is 3. The van der Waals surface area contributed by atoms with Crippen LogP contribution in [0.5, 0.6) is 0 Å². The van der Waals surface area contributed by atoms with Gasteiger partial charge >= 0.3 is 0 Å². The molecule has 1 aliphatic rings. The van der Waals surface area contributed by atoms with Crippen LogP contribution >= 0.6 is 0 Å². The van der Waals surface area contributed by atoms with Crippen molar-refractivity contribution in [2.45, 2.75) is 18.7 Å². The highest BCUT2D eigenvalue weighted by atomic mass is 16.3. The number of β-amino-alcohol motifs (C(OH)–C–C–N with tert-alkyl or cyclic N) is 1. The molecule has 0 saturated carbocycles. The van der Waals surface area contributed by atoms with Crippen molar-refractivity contribution >= 4 is 11.7 Å². The molecule has 1 amide bonds. The zero-order valence-electron chi connectivity index (χ0n) is 12.9. The number of carbonyl (C=O) groups excluding carboxylic acids is 1. The van der Waals surface area contributed by atoms with E-state index in [2.05, 4.69) is 30.7 Å². The lowest BCUT2D eigenvalue weighted by Gasteiger charge is -2.17. The summed E-state index contributed by atoms with van der Waals surface area (Å²) in [6.45, 7) is 1.75. The van der Waals surface area contributed by atoms with Crippen LogP contribution in [-0.4, -0.2) is 63.4 Å². The van der Waals surface area contributed by atoms with E-state index in [0.717, 1.165) is 11.4 Å². The number of pyridine rings is 1. The van der Waals surface area contributed by atoms with Crippen molar-refractivity contribution in [3.63, 3.8) is 0 Å². The van der Waals surface area contributed by atoms with E-state index in [1.165, 1.54) is 6.20 Å². The lowest BCUT2D eigenvalue weighted by molar-refractivity contribution is 0.0883. The Morgan fingerprint density at radius 2 is 2.30 bits per heavy atom. The zero-order valence-corrected chi connectivity index (χ0v) is 12.9. The second-order valence-electron chi connectivity index (χ2n) is 5.57. The molecule has 1 fully saturated rings. The number of aliphatic hydroxyl groups is 1. The Morgan fingerprint density at radius 3 is 3.04 bits per heavy atom. The van der Waals surface area contributed by atoms with Crippen LogP contribution in [-0.2, 0) is 6.54 Å². The van der Waals surface area contributed by atoms with Gasteiger partial charge in [-0.1, -0.05) is 6.07 Å². The molecule has 0 radical (unpaired) electrons. The van der Waals surface area contributed by atoms with E-state index < -0.39 is 6.10 Å². The standard InChI is InChI=1S/C15H20N6O2/c1-16-14-10(3-2-5-17-14)7-21-8-12(13(22)9-21)19-15(23)11-4-6-18-20-11/h2-6,12-13,22H,7-9H2,1H3,(H,16,17)(H,18,20)(H,19,23)/t12-,13-/m1/s1. The summed E-state index contributed by atoms with van der Waals surface area (Å²) in [4.78, 5) is 18.4. The Morgan fingerprint density at radius 1 is 1.43 bits per heavy atom. The third-order valence-electron chi connectivity index (χ3n) is 3.95. The van der Waals surface area contributed by atoms with Gasteiger partial charge in [0.15, 0.2) is 0 Å².